The van der Waals surface area contributed by atoms with Crippen LogP contribution in [0, 0.1) is 5.82 Å². The topological polar surface area (TPSA) is 101 Å². The smallest absolute Gasteiger partial charge is 0.253 e. The van der Waals surface area contributed by atoms with E-state index in [-0.39, 0.29) is 24.3 Å². The van der Waals surface area contributed by atoms with Crippen molar-refractivity contribution in [2.75, 3.05) is 11.9 Å². The molecule has 31 heavy (non-hydrogen) atoms. The molecule has 8 heteroatoms. The molecule has 158 valence electrons. The Hall–Kier alpha value is -3.78. The Morgan fingerprint density at radius 1 is 1.00 bits per heavy atom. The van der Waals surface area contributed by atoms with Gasteiger partial charge in [0.1, 0.15) is 5.82 Å². The maximum absolute atomic E-state index is 13.9. The molecule has 0 saturated heterocycles. The Kier molecular flexibility index (Phi) is 7.29. The van der Waals surface area contributed by atoms with Crippen LogP contribution in [0.15, 0.2) is 66.7 Å². The molecule has 4 N–H and O–H groups in total. The first kappa shape index (κ1) is 21.9. The summed E-state index contributed by atoms with van der Waals surface area (Å²) < 4.78 is 13.9. The lowest BCUT2D eigenvalue weighted by molar-refractivity contribution is -0.118. The van der Waals surface area contributed by atoms with Gasteiger partial charge < -0.3 is 16.4 Å². The van der Waals surface area contributed by atoms with Crippen LogP contribution in [0.5, 0.6) is 0 Å². The highest BCUT2D eigenvalue weighted by Gasteiger charge is 2.12. The van der Waals surface area contributed by atoms with Gasteiger partial charge in [0, 0.05) is 34.4 Å². The Balaban J connectivity index is 1.65. The van der Waals surface area contributed by atoms with E-state index in [4.69, 9.17) is 5.73 Å². The predicted molar refractivity (Wildman–Crippen MR) is 120 cm³/mol. The zero-order valence-corrected chi connectivity index (χ0v) is 17.2. The van der Waals surface area contributed by atoms with E-state index in [1.165, 1.54) is 23.5 Å². The second-order valence-corrected chi connectivity index (χ2v) is 7.64. The van der Waals surface area contributed by atoms with E-state index in [1.54, 1.807) is 60.7 Å². The maximum Gasteiger partial charge on any atom is 0.253 e. The second-order valence-electron chi connectivity index (χ2n) is 6.52. The average molecular weight is 437 g/mol. The lowest BCUT2D eigenvalue weighted by atomic mass is 10.1. The number of nitrogens with one attached hydrogen (secondary N) is 2. The van der Waals surface area contributed by atoms with Gasteiger partial charge in [-0.3, -0.25) is 14.4 Å². The second kappa shape index (κ2) is 10.3. The van der Waals surface area contributed by atoms with Gasteiger partial charge in [-0.1, -0.05) is 30.3 Å². The van der Waals surface area contributed by atoms with Crippen LogP contribution >= 0.6 is 11.3 Å². The quantitative estimate of drug-likeness (QED) is 0.467. The van der Waals surface area contributed by atoms with Crippen molar-refractivity contribution < 1.29 is 18.8 Å². The monoisotopic (exact) mass is 437 g/mol. The minimum Gasteiger partial charge on any atom is -0.370 e. The van der Waals surface area contributed by atoms with Crippen molar-refractivity contribution in [3.05, 3.63) is 83.0 Å². The van der Waals surface area contributed by atoms with E-state index in [0.29, 0.717) is 11.3 Å². The molecule has 1 heterocycles. The Bertz CT molecular complexity index is 1140. The number of halogens is 1. The molecule has 0 radical (unpaired) electrons. The van der Waals surface area contributed by atoms with Gasteiger partial charge >= 0.3 is 0 Å². The SMILES string of the molecule is NC(=O)CCNC(=O)c1ccccc1NC(=O)/C=C/c1ccc(-c2ccccc2F)s1. The molecule has 2 aromatic carbocycles. The van der Waals surface area contributed by atoms with Crippen LogP contribution in [0.2, 0.25) is 0 Å². The molecule has 0 unspecified atom stereocenters. The lowest BCUT2D eigenvalue weighted by Gasteiger charge is -2.10. The summed E-state index contributed by atoms with van der Waals surface area (Å²) in [5.41, 5.74) is 6.18. The Labute approximate surface area is 182 Å². The van der Waals surface area contributed by atoms with Gasteiger partial charge in [-0.25, -0.2) is 4.39 Å². The van der Waals surface area contributed by atoms with Gasteiger partial charge in [-0.05, 0) is 36.4 Å². The minimum absolute atomic E-state index is 0.0265. The number of nitrogens with two attached hydrogens (primary N) is 1. The van der Waals surface area contributed by atoms with E-state index in [2.05, 4.69) is 10.6 Å². The fourth-order valence-corrected chi connectivity index (χ4v) is 3.70. The summed E-state index contributed by atoms with van der Waals surface area (Å²) in [6, 6.07) is 16.6. The number of para-hydroxylation sites is 1. The highest BCUT2D eigenvalue weighted by Crippen LogP contribution is 2.30. The van der Waals surface area contributed by atoms with Crippen LogP contribution in [0.25, 0.3) is 16.5 Å². The van der Waals surface area contributed by atoms with Gasteiger partial charge in [-0.2, -0.15) is 0 Å². The lowest BCUT2D eigenvalue weighted by Crippen LogP contribution is -2.28. The van der Waals surface area contributed by atoms with Gasteiger partial charge in [-0.15, -0.1) is 11.3 Å². The van der Waals surface area contributed by atoms with E-state index in [1.807, 2.05) is 0 Å². The van der Waals surface area contributed by atoms with Crippen LogP contribution in [0.3, 0.4) is 0 Å². The molecule has 3 rings (SSSR count). The summed E-state index contributed by atoms with van der Waals surface area (Å²) in [5.74, 6) is -1.66. The van der Waals surface area contributed by atoms with E-state index in [9.17, 15) is 18.8 Å². The molecule has 0 atom stereocenters. The fraction of sp³-hybridized carbons (Fsp3) is 0.0870. The number of rotatable bonds is 8. The van der Waals surface area contributed by atoms with Crippen molar-refractivity contribution in [3.63, 3.8) is 0 Å². The van der Waals surface area contributed by atoms with E-state index >= 15 is 0 Å². The predicted octanol–water partition coefficient (Wildman–Crippen LogP) is 3.81. The van der Waals surface area contributed by atoms with E-state index in [0.717, 1.165) is 9.75 Å². The molecule has 0 aliphatic heterocycles. The molecule has 0 aliphatic carbocycles. The van der Waals surface area contributed by atoms with Gasteiger partial charge in [0.05, 0.1) is 11.3 Å². The Morgan fingerprint density at radius 3 is 2.52 bits per heavy atom. The first-order valence-corrected chi connectivity index (χ1v) is 10.2. The van der Waals surface area contributed by atoms with Crippen molar-refractivity contribution in [1.29, 1.82) is 0 Å². The van der Waals surface area contributed by atoms with Crippen molar-refractivity contribution in [2.45, 2.75) is 6.42 Å². The first-order valence-electron chi connectivity index (χ1n) is 9.43. The zero-order valence-electron chi connectivity index (χ0n) is 16.4. The molecule has 0 spiro atoms. The normalized spacial score (nSPS) is 10.7. The number of carbonyl (C=O) groups is 3. The molecule has 0 saturated carbocycles. The van der Waals surface area contributed by atoms with Crippen molar-refractivity contribution in [1.82, 2.24) is 5.32 Å². The third-order valence-electron chi connectivity index (χ3n) is 4.25. The molecule has 6 nitrogen and oxygen atoms in total. The number of hydrogen-bond donors (Lipinski definition) is 3. The summed E-state index contributed by atoms with van der Waals surface area (Å²) in [7, 11) is 0. The zero-order chi connectivity index (χ0) is 22.2. The highest BCUT2D eigenvalue weighted by atomic mass is 32.1. The van der Waals surface area contributed by atoms with Crippen LogP contribution in [-0.2, 0) is 9.59 Å². The minimum atomic E-state index is -0.515. The number of benzene rings is 2. The maximum atomic E-state index is 13.9. The molecule has 0 fully saturated rings. The number of carbonyl (C=O) groups excluding carboxylic acids is 3. The van der Waals surface area contributed by atoms with Crippen molar-refractivity contribution in [3.8, 4) is 10.4 Å². The molecule has 0 bridgehead atoms. The van der Waals surface area contributed by atoms with Crippen LogP contribution in [-0.4, -0.2) is 24.3 Å². The summed E-state index contributed by atoms with van der Waals surface area (Å²) in [5, 5.41) is 5.26. The summed E-state index contributed by atoms with van der Waals surface area (Å²) in [4.78, 5) is 37.0. The molecule has 3 amide bonds. The standard InChI is InChI=1S/C23H20FN3O3S/c24-18-7-3-1-5-16(18)20-11-9-15(31-20)10-12-22(29)27-19-8-4-2-6-17(19)23(30)26-14-13-21(25)28/h1-12H,13-14H2,(H2,25,28)(H,26,30)(H,27,29)/b12-10+. The molecular weight excluding hydrogens is 417 g/mol. The molecule has 0 aliphatic rings. The summed E-state index contributed by atoms with van der Waals surface area (Å²) in [6.07, 6.45) is 3.00. The number of thiophene rings is 1. The van der Waals surface area contributed by atoms with Crippen molar-refractivity contribution in [2.24, 2.45) is 5.73 Å². The van der Waals surface area contributed by atoms with Gasteiger partial charge in [0.15, 0.2) is 0 Å². The van der Waals surface area contributed by atoms with E-state index < -0.39 is 17.7 Å². The molecular formula is C23H20FN3O3S. The van der Waals surface area contributed by atoms with Crippen LogP contribution in [0.1, 0.15) is 21.7 Å². The molecule has 3 aromatic rings. The highest BCUT2D eigenvalue weighted by molar-refractivity contribution is 7.16. The summed E-state index contributed by atoms with van der Waals surface area (Å²) >= 11 is 1.36. The average Bonchev–Trinajstić information content (AvgIpc) is 3.21. The number of primary amides is 1. The van der Waals surface area contributed by atoms with Crippen molar-refractivity contribution >= 4 is 40.8 Å². The number of anilines is 1. The third kappa shape index (κ3) is 6.10. The third-order valence-corrected chi connectivity index (χ3v) is 5.34. The van der Waals surface area contributed by atoms with Gasteiger partial charge in [0.25, 0.3) is 5.91 Å². The number of amides is 3. The summed E-state index contributed by atoms with van der Waals surface area (Å²) in [6.45, 7) is 0.110. The van der Waals surface area contributed by atoms with Gasteiger partial charge in [0.2, 0.25) is 11.8 Å². The molecule has 1 aromatic heterocycles. The van der Waals surface area contributed by atoms with Crippen LogP contribution < -0.4 is 16.4 Å². The Morgan fingerprint density at radius 2 is 1.74 bits per heavy atom. The largest absolute Gasteiger partial charge is 0.370 e. The number of hydrogen-bond acceptors (Lipinski definition) is 4. The van der Waals surface area contributed by atoms with Crippen LogP contribution in [0.4, 0.5) is 10.1 Å². The first-order chi connectivity index (χ1) is 14.9. The fourth-order valence-electron chi connectivity index (χ4n) is 2.76.